The number of hydrogen-bond donors (Lipinski definition) is 2. The molecule has 1 aromatic rings. The molecule has 4 nitrogen and oxygen atoms in total. The van der Waals surface area contributed by atoms with Crippen LogP contribution >= 0.6 is 0 Å². The van der Waals surface area contributed by atoms with Gasteiger partial charge in [-0.05, 0) is 25.2 Å². The zero-order valence-electron chi connectivity index (χ0n) is 10.2. The van der Waals surface area contributed by atoms with Crippen LogP contribution in [0.25, 0.3) is 0 Å². The highest BCUT2D eigenvalue weighted by molar-refractivity contribution is 5.08. The minimum atomic E-state index is 0.391. The Labute approximate surface area is 96.8 Å². The molecule has 2 heterocycles. The smallest absolute Gasteiger partial charge is 0.0925 e. The number of nitrogens with zero attached hydrogens (tertiary/aromatic N) is 1. The largest absolute Gasteiger partial charge is 0.381 e. The highest BCUT2D eigenvalue weighted by Gasteiger charge is 2.26. The predicted molar refractivity (Wildman–Crippen MR) is 63.2 cm³/mol. The molecular formula is C12H21N3O. The van der Waals surface area contributed by atoms with E-state index >= 15 is 0 Å². The molecule has 90 valence electrons. The fourth-order valence-corrected chi connectivity index (χ4v) is 2.09. The average Bonchev–Trinajstić information content (AvgIpc) is 2.65. The lowest BCUT2D eigenvalue weighted by Crippen LogP contribution is -2.36. The Morgan fingerprint density at radius 1 is 1.50 bits per heavy atom. The van der Waals surface area contributed by atoms with Gasteiger partial charge in [0.25, 0.3) is 0 Å². The van der Waals surface area contributed by atoms with Gasteiger partial charge < -0.3 is 15.0 Å². The van der Waals surface area contributed by atoms with Crippen LogP contribution in [0.4, 0.5) is 0 Å². The Morgan fingerprint density at radius 2 is 2.25 bits per heavy atom. The van der Waals surface area contributed by atoms with E-state index in [1.807, 2.05) is 0 Å². The van der Waals surface area contributed by atoms with E-state index in [1.54, 1.807) is 6.33 Å². The number of imidazole rings is 1. The fraction of sp³-hybridized carbons (Fsp3) is 0.750. The summed E-state index contributed by atoms with van der Waals surface area (Å²) in [6.07, 6.45) is 4.06. The van der Waals surface area contributed by atoms with E-state index in [9.17, 15) is 0 Å². The molecule has 2 rings (SSSR count). The summed E-state index contributed by atoms with van der Waals surface area (Å²) in [6, 6.07) is 0. The molecule has 2 N–H and O–H groups in total. The van der Waals surface area contributed by atoms with Gasteiger partial charge in [0.1, 0.15) is 0 Å². The minimum Gasteiger partial charge on any atom is -0.381 e. The summed E-state index contributed by atoms with van der Waals surface area (Å²) in [5.41, 5.74) is 2.67. The molecule has 0 aliphatic carbocycles. The summed E-state index contributed by atoms with van der Waals surface area (Å²) in [6.45, 7) is 8.09. The third-order valence-electron chi connectivity index (χ3n) is 3.48. The van der Waals surface area contributed by atoms with Gasteiger partial charge in [-0.1, -0.05) is 6.92 Å². The molecule has 1 aliphatic heterocycles. The monoisotopic (exact) mass is 223 g/mol. The van der Waals surface area contributed by atoms with E-state index in [0.717, 1.165) is 50.5 Å². The molecule has 0 aromatic carbocycles. The molecule has 0 bridgehead atoms. The van der Waals surface area contributed by atoms with Crippen LogP contribution in [0.15, 0.2) is 6.33 Å². The summed E-state index contributed by atoms with van der Waals surface area (Å²) in [7, 11) is 0. The summed E-state index contributed by atoms with van der Waals surface area (Å²) < 4.78 is 5.39. The van der Waals surface area contributed by atoms with Gasteiger partial charge in [0.2, 0.25) is 0 Å². The third kappa shape index (κ3) is 2.83. The van der Waals surface area contributed by atoms with Crippen LogP contribution in [0, 0.1) is 12.3 Å². The molecule has 0 unspecified atom stereocenters. The first-order valence-corrected chi connectivity index (χ1v) is 5.97. The standard InChI is InChI=1S/C12H21N3O/c1-10-11(15-9-14-10)7-13-8-12(2)3-5-16-6-4-12/h9,13H,3-8H2,1-2H3,(H,14,15). The van der Waals surface area contributed by atoms with Crippen molar-refractivity contribution in [3.63, 3.8) is 0 Å². The maximum absolute atomic E-state index is 5.39. The molecular weight excluding hydrogens is 202 g/mol. The summed E-state index contributed by atoms with van der Waals surface area (Å²) in [5.74, 6) is 0. The van der Waals surface area contributed by atoms with Crippen molar-refractivity contribution >= 4 is 0 Å². The van der Waals surface area contributed by atoms with Crippen LogP contribution in [0.1, 0.15) is 31.2 Å². The van der Waals surface area contributed by atoms with Crippen molar-refractivity contribution in [1.82, 2.24) is 15.3 Å². The first-order chi connectivity index (χ1) is 7.70. The Hall–Kier alpha value is -0.870. The van der Waals surface area contributed by atoms with Crippen LogP contribution in [-0.2, 0) is 11.3 Å². The Bertz CT molecular complexity index is 329. The van der Waals surface area contributed by atoms with Crippen molar-refractivity contribution in [3.8, 4) is 0 Å². The van der Waals surface area contributed by atoms with Gasteiger partial charge in [0.15, 0.2) is 0 Å². The van der Waals surface area contributed by atoms with Crippen molar-refractivity contribution < 1.29 is 4.74 Å². The minimum absolute atomic E-state index is 0.391. The second kappa shape index (κ2) is 4.97. The van der Waals surface area contributed by atoms with E-state index in [0.29, 0.717) is 5.41 Å². The molecule has 0 atom stereocenters. The fourth-order valence-electron chi connectivity index (χ4n) is 2.09. The summed E-state index contributed by atoms with van der Waals surface area (Å²) >= 11 is 0. The number of aryl methyl sites for hydroxylation is 1. The Kier molecular flexibility index (Phi) is 3.61. The maximum atomic E-state index is 5.39. The van der Waals surface area contributed by atoms with Gasteiger partial charge >= 0.3 is 0 Å². The average molecular weight is 223 g/mol. The van der Waals surface area contributed by atoms with E-state index in [4.69, 9.17) is 4.74 Å². The molecule has 0 saturated carbocycles. The van der Waals surface area contributed by atoms with Gasteiger partial charge in [-0.2, -0.15) is 0 Å². The lowest BCUT2D eigenvalue weighted by Gasteiger charge is -2.33. The van der Waals surface area contributed by atoms with Crippen LogP contribution in [0.2, 0.25) is 0 Å². The van der Waals surface area contributed by atoms with Crippen LogP contribution < -0.4 is 5.32 Å². The number of ether oxygens (including phenoxy) is 1. The molecule has 4 heteroatoms. The Balaban J connectivity index is 1.77. The topological polar surface area (TPSA) is 49.9 Å². The highest BCUT2D eigenvalue weighted by Crippen LogP contribution is 2.28. The number of H-pyrrole nitrogens is 1. The molecule has 16 heavy (non-hydrogen) atoms. The zero-order valence-corrected chi connectivity index (χ0v) is 10.2. The lowest BCUT2D eigenvalue weighted by atomic mass is 9.82. The number of aromatic nitrogens is 2. The number of nitrogens with one attached hydrogen (secondary N) is 2. The normalized spacial score (nSPS) is 19.9. The van der Waals surface area contributed by atoms with Crippen molar-refractivity contribution in [3.05, 3.63) is 17.7 Å². The van der Waals surface area contributed by atoms with E-state index in [1.165, 1.54) is 0 Å². The highest BCUT2D eigenvalue weighted by atomic mass is 16.5. The summed E-state index contributed by atoms with van der Waals surface area (Å²) in [4.78, 5) is 7.37. The molecule has 1 aromatic heterocycles. The quantitative estimate of drug-likeness (QED) is 0.815. The van der Waals surface area contributed by atoms with Gasteiger partial charge in [-0.25, -0.2) is 4.98 Å². The molecule has 1 fully saturated rings. The maximum Gasteiger partial charge on any atom is 0.0925 e. The van der Waals surface area contributed by atoms with Crippen molar-refractivity contribution in [1.29, 1.82) is 0 Å². The zero-order chi connectivity index (χ0) is 11.4. The van der Waals surface area contributed by atoms with Crippen molar-refractivity contribution in [2.24, 2.45) is 5.41 Å². The van der Waals surface area contributed by atoms with Crippen molar-refractivity contribution in [2.45, 2.75) is 33.2 Å². The Morgan fingerprint density at radius 3 is 2.88 bits per heavy atom. The van der Waals surface area contributed by atoms with Crippen LogP contribution in [-0.4, -0.2) is 29.7 Å². The lowest BCUT2D eigenvalue weighted by molar-refractivity contribution is 0.0239. The van der Waals surface area contributed by atoms with Gasteiger partial charge in [-0.15, -0.1) is 0 Å². The first kappa shape index (κ1) is 11.6. The van der Waals surface area contributed by atoms with Crippen LogP contribution in [0.5, 0.6) is 0 Å². The second-order valence-corrected chi connectivity index (χ2v) is 5.00. The molecule has 1 aliphatic rings. The number of hydrogen-bond acceptors (Lipinski definition) is 3. The van der Waals surface area contributed by atoms with Gasteiger partial charge in [0.05, 0.1) is 12.0 Å². The predicted octanol–water partition coefficient (Wildman–Crippen LogP) is 1.62. The van der Waals surface area contributed by atoms with E-state index in [-0.39, 0.29) is 0 Å². The molecule has 0 spiro atoms. The number of rotatable bonds is 4. The van der Waals surface area contributed by atoms with Crippen molar-refractivity contribution in [2.75, 3.05) is 19.8 Å². The van der Waals surface area contributed by atoms with E-state index in [2.05, 4.69) is 29.1 Å². The molecule has 0 radical (unpaired) electrons. The SMILES string of the molecule is Cc1[nH]cnc1CNCC1(C)CCOCC1. The van der Waals surface area contributed by atoms with Gasteiger partial charge in [-0.3, -0.25) is 0 Å². The van der Waals surface area contributed by atoms with Gasteiger partial charge in [0, 0.05) is 32.0 Å². The third-order valence-corrected chi connectivity index (χ3v) is 3.48. The molecule has 1 saturated heterocycles. The molecule has 0 amide bonds. The van der Waals surface area contributed by atoms with Crippen LogP contribution in [0.3, 0.4) is 0 Å². The second-order valence-electron chi connectivity index (χ2n) is 5.00. The van der Waals surface area contributed by atoms with E-state index < -0.39 is 0 Å². The number of aromatic amines is 1. The first-order valence-electron chi connectivity index (χ1n) is 5.97. The summed E-state index contributed by atoms with van der Waals surface area (Å²) in [5, 5.41) is 3.50.